The van der Waals surface area contributed by atoms with Crippen LogP contribution in [0.15, 0.2) is 95.2 Å². The first-order valence-corrected chi connectivity index (χ1v) is 17.5. The molecular weight excluding hydrogens is 782 g/mol. The molecule has 2 aromatic carbocycles. The Kier molecular flexibility index (Phi) is 18.4. The zero-order chi connectivity index (χ0) is 38.6. The topological polar surface area (TPSA) is 185 Å². The Bertz CT molecular complexity index is 2020. The van der Waals surface area contributed by atoms with E-state index in [9.17, 15) is 52.8 Å². The Balaban J connectivity index is 0.000000822. The molecule has 0 aliphatic carbocycles. The van der Waals surface area contributed by atoms with Crippen LogP contribution >= 0.6 is 10.7 Å². The molecule has 12 nitrogen and oxygen atoms in total. The van der Waals surface area contributed by atoms with Crippen LogP contribution in [0.25, 0.3) is 0 Å². The van der Waals surface area contributed by atoms with E-state index in [2.05, 4.69) is 24.2 Å². The van der Waals surface area contributed by atoms with E-state index in [1.807, 2.05) is 12.1 Å². The zero-order valence-electron chi connectivity index (χ0n) is 26.2. The van der Waals surface area contributed by atoms with E-state index in [4.69, 9.17) is 16.4 Å². The lowest BCUT2D eigenvalue weighted by molar-refractivity contribution is -0.140. The molecule has 3 N–H and O–H groups in total. The Labute approximate surface area is 306 Å². The summed E-state index contributed by atoms with van der Waals surface area (Å²) in [4.78, 5) is 28.5. The Morgan fingerprint density at radius 3 is 1.53 bits per heavy atom. The number of pyridine rings is 2. The van der Waals surface area contributed by atoms with Crippen molar-refractivity contribution in [2.75, 3.05) is 24.7 Å². The molecule has 21 heteroatoms. The Hall–Kier alpha value is -4.95. The van der Waals surface area contributed by atoms with Crippen LogP contribution in [0, 0.1) is 0 Å². The summed E-state index contributed by atoms with van der Waals surface area (Å²) in [5, 5.41) is -1.16. The van der Waals surface area contributed by atoms with Crippen LogP contribution in [-0.4, -0.2) is 53.0 Å². The van der Waals surface area contributed by atoms with E-state index >= 15 is 0 Å². The number of hydrogen-bond acceptors (Lipinski definition) is 11. The number of sulfonamides is 1. The third kappa shape index (κ3) is 16.5. The lowest BCUT2D eigenvalue weighted by Crippen LogP contribution is -2.16. The van der Waals surface area contributed by atoms with Crippen LogP contribution in [0.5, 0.6) is 0 Å². The fourth-order valence-corrected chi connectivity index (χ4v) is 5.20. The van der Waals surface area contributed by atoms with Crippen LogP contribution in [0.3, 0.4) is 0 Å². The first kappa shape index (κ1) is 48.0. The van der Waals surface area contributed by atoms with Crippen LogP contribution in [0.2, 0.25) is 0 Å². The standard InChI is InChI=1S/C15H13F3N2O4S.C9H11NO2.C6H3ClF3NO2S.2CH4/c1-24-14(21)8-10-3-2-4-12(7-10)20-25(22,23)13-6-5-11(9-19-13)15(16,17)18;1-12-9(11)6-7-3-2-4-8(10)5-7;7-14(12,13)5-2-1-4(3-11-5)6(8,9)10;;/h2-7,9,20H,8H2,1H3;2-5H,6,10H2,1H3;1-3H;2*1H4. The third-order valence-electron chi connectivity index (χ3n) is 5.93. The van der Waals surface area contributed by atoms with E-state index in [0.29, 0.717) is 41.8 Å². The Morgan fingerprint density at radius 1 is 0.717 bits per heavy atom. The number of nitrogen functional groups attached to an aromatic ring is 1. The fourth-order valence-electron chi connectivity index (χ4n) is 3.53. The van der Waals surface area contributed by atoms with Gasteiger partial charge >= 0.3 is 24.3 Å². The number of carbonyl (C=O) groups is 2. The van der Waals surface area contributed by atoms with Gasteiger partial charge in [0, 0.05) is 34.5 Å². The van der Waals surface area contributed by atoms with Gasteiger partial charge in [-0.15, -0.1) is 0 Å². The number of anilines is 2. The van der Waals surface area contributed by atoms with E-state index in [-0.39, 0.29) is 39.4 Å². The number of methoxy groups -OCH3 is 2. The molecule has 0 amide bonds. The highest BCUT2D eigenvalue weighted by Crippen LogP contribution is 2.30. The van der Waals surface area contributed by atoms with Crippen molar-refractivity contribution in [3.8, 4) is 0 Å². The molecule has 4 rings (SSSR count). The summed E-state index contributed by atoms with van der Waals surface area (Å²) >= 11 is 0. The number of rotatable bonds is 8. The zero-order valence-corrected chi connectivity index (χ0v) is 28.6. The number of alkyl halides is 6. The SMILES string of the molecule is C.C.COC(=O)Cc1cccc(N)c1.COC(=O)Cc1cccc(NS(=O)(=O)c2ccc(C(F)(F)F)cn2)c1.O=S(=O)(Cl)c1ccc(C(F)(F)F)cn1. The second-order valence-corrected chi connectivity index (χ2v) is 13.9. The number of nitrogens with one attached hydrogen (secondary N) is 1. The average molecular weight is 817 g/mol. The van der Waals surface area contributed by atoms with Gasteiger partial charge in [0.15, 0.2) is 10.1 Å². The molecule has 0 saturated carbocycles. The summed E-state index contributed by atoms with van der Waals surface area (Å²) in [5.74, 6) is -0.745. The summed E-state index contributed by atoms with van der Waals surface area (Å²) in [6.07, 6.45) is -8.06. The normalized spacial score (nSPS) is 11.1. The molecule has 4 aromatic rings. The molecule has 0 aliphatic heterocycles. The van der Waals surface area contributed by atoms with Crippen molar-refractivity contribution in [3.05, 3.63) is 107 Å². The van der Waals surface area contributed by atoms with Crippen molar-refractivity contribution in [1.29, 1.82) is 0 Å². The van der Waals surface area contributed by atoms with Gasteiger partial charge in [-0.05, 0) is 59.7 Å². The molecular formula is C32H35ClF6N4O8S2. The first-order valence-electron chi connectivity index (χ1n) is 13.7. The molecule has 0 spiro atoms. The number of aromatic nitrogens is 2. The van der Waals surface area contributed by atoms with Crippen LogP contribution in [-0.2, 0) is 63.3 Å². The summed E-state index contributed by atoms with van der Waals surface area (Å²) in [6.45, 7) is 0. The highest BCUT2D eigenvalue weighted by molar-refractivity contribution is 8.13. The number of nitrogens with two attached hydrogens (primary N) is 1. The summed E-state index contributed by atoms with van der Waals surface area (Å²) in [5.41, 5.74) is 5.64. The molecule has 2 heterocycles. The van der Waals surface area contributed by atoms with Crippen molar-refractivity contribution in [1.82, 2.24) is 9.97 Å². The van der Waals surface area contributed by atoms with Gasteiger partial charge in [-0.1, -0.05) is 39.1 Å². The predicted molar refractivity (Wildman–Crippen MR) is 185 cm³/mol. The lowest BCUT2D eigenvalue weighted by atomic mass is 10.1. The summed E-state index contributed by atoms with van der Waals surface area (Å²) in [6, 6.07) is 15.9. The first-order chi connectivity index (χ1) is 23.5. The molecule has 0 aliphatic rings. The number of nitrogens with zero attached hydrogens (tertiary/aromatic N) is 2. The average Bonchev–Trinajstić information content (AvgIpc) is 3.04. The number of carbonyl (C=O) groups excluding carboxylic acids is 2. The highest BCUT2D eigenvalue weighted by atomic mass is 35.7. The monoisotopic (exact) mass is 816 g/mol. The van der Waals surface area contributed by atoms with Crippen molar-refractivity contribution in [2.45, 2.75) is 50.1 Å². The maximum atomic E-state index is 12.5. The predicted octanol–water partition coefficient (Wildman–Crippen LogP) is 6.90. The summed E-state index contributed by atoms with van der Waals surface area (Å²) in [7, 11) is -0.792. The molecule has 0 unspecified atom stereocenters. The maximum absolute atomic E-state index is 12.5. The van der Waals surface area contributed by atoms with E-state index < -0.39 is 58.6 Å². The van der Waals surface area contributed by atoms with Gasteiger partial charge in [0.1, 0.15) is 0 Å². The van der Waals surface area contributed by atoms with Crippen molar-refractivity contribution in [2.24, 2.45) is 0 Å². The minimum absolute atomic E-state index is 0. The molecule has 0 atom stereocenters. The molecule has 0 fully saturated rings. The van der Waals surface area contributed by atoms with Gasteiger partial charge in [-0.3, -0.25) is 14.3 Å². The van der Waals surface area contributed by atoms with Gasteiger partial charge in [0.05, 0.1) is 38.2 Å². The van der Waals surface area contributed by atoms with Crippen molar-refractivity contribution >= 4 is 53.1 Å². The van der Waals surface area contributed by atoms with Gasteiger partial charge in [0.25, 0.3) is 19.1 Å². The Morgan fingerprint density at radius 2 is 1.15 bits per heavy atom. The molecule has 53 heavy (non-hydrogen) atoms. The van der Waals surface area contributed by atoms with E-state index in [1.54, 1.807) is 18.2 Å². The van der Waals surface area contributed by atoms with Crippen LogP contribution in [0.1, 0.15) is 37.1 Å². The minimum Gasteiger partial charge on any atom is -0.469 e. The molecule has 292 valence electrons. The molecule has 2 aromatic heterocycles. The van der Waals surface area contributed by atoms with Crippen molar-refractivity contribution in [3.63, 3.8) is 0 Å². The van der Waals surface area contributed by atoms with Gasteiger partial charge in [-0.2, -0.15) is 34.8 Å². The largest absolute Gasteiger partial charge is 0.469 e. The smallest absolute Gasteiger partial charge is 0.417 e. The number of benzene rings is 2. The molecule has 0 saturated heterocycles. The second-order valence-electron chi connectivity index (χ2n) is 9.76. The molecule has 0 bridgehead atoms. The number of esters is 2. The third-order valence-corrected chi connectivity index (χ3v) is 8.45. The minimum atomic E-state index is -4.61. The maximum Gasteiger partial charge on any atom is 0.417 e. The summed E-state index contributed by atoms with van der Waals surface area (Å²) < 4.78 is 130. The van der Waals surface area contributed by atoms with Crippen molar-refractivity contribution < 1.29 is 62.2 Å². The van der Waals surface area contributed by atoms with Gasteiger partial charge in [0.2, 0.25) is 0 Å². The number of halogens is 7. The van der Waals surface area contributed by atoms with Crippen LogP contribution < -0.4 is 10.5 Å². The van der Waals surface area contributed by atoms with Gasteiger partial charge < -0.3 is 15.2 Å². The van der Waals surface area contributed by atoms with E-state index in [0.717, 1.165) is 11.6 Å². The number of ether oxygens (including phenoxy) is 2. The fraction of sp³-hybridized carbons (Fsp3) is 0.250. The highest BCUT2D eigenvalue weighted by Gasteiger charge is 2.32. The second kappa shape index (κ2) is 20.3. The quantitative estimate of drug-likeness (QED) is 0.0816. The van der Waals surface area contributed by atoms with E-state index in [1.165, 1.54) is 32.4 Å². The van der Waals surface area contributed by atoms with Gasteiger partial charge in [-0.25, -0.2) is 18.4 Å². The van der Waals surface area contributed by atoms with Crippen LogP contribution in [0.4, 0.5) is 37.7 Å². The molecule has 0 radical (unpaired) electrons. The lowest BCUT2D eigenvalue weighted by Gasteiger charge is -2.10. The number of hydrogen-bond donors (Lipinski definition) is 2.